The highest BCUT2D eigenvalue weighted by Crippen LogP contribution is 2.19. The van der Waals surface area contributed by atoms with Crippen LogP contribution < -0.4 is 19.5 Å². The van der Waals surface area contributed by atoms with Gasteiger partial charge in [0.05, 0.1) is 20.3 Å². The number of hydrogen-bond acceptors (Lipinski definition) is 9. The number of aromatic nitrogens is 4. The second kappa shape index (κ2) is 7.37. The van der Waals surface area contributed by atoms with Crippen LogP contribution in [0.3, 0.4) is 0 Å². The van der Waals surface area contributed by atoms with Crippen LogP contribution in [0.2, 0.25) is 0 Å². The first kappa shape index (κ1) is 18.9. The fourth-order valence-electron chi connectivity index (χ4n) is 2.27. The van der Waals surface area contributed by atoms with Crippen LogP contribution in [-0.4, -0.2) is 48.0 Å². The van der Waals surface area contributed by atoms with E-state index in [-0.39, 0.29) is 29.0 Å². The van der Waals surface area contributed by atoms with Gasteiger partial charge in [-0.15, -0.1) is 0 Å². The zero-order chi connectivity index (χ0) is 20.3. The van der Waals surface area contributed by atoms with Crippen molar-refractivity contribution < 1.29 is 22.7 Å². The standard InChI is InChI=1S/C15H13N7O5S/c1-26-11-7-12(27-2)19-14(18-11)20-15(23)21-28(24,25)13-9(8-16)17-10-5-3-4-6-22(10)13/h3-7H,1-2H3,(H2,18,19,20,21,23). The van der Waals surface area contributed by atoms with E-state index >= 15 is 0 Å². The first-order valence-electron chi connectivity index (χ1n) is 7.56. The molecule has 0 spiro atoms. The van der Waals surface area contributed by atoms with E-state index in [4.69, 9.17) is 9.47 Å². The van der Waals surface area contributed by atoms with Crippen molar-refractivity contribution in [2.45, 2.75) is 5.03 Å². The van der Waals surface area contributed by atoms with Gasteiger partial charge in [0.1, 0.15) is 11.7 Å². The monoisotopic (exact) mass is 403 g/mol. The second-order valence-electron chi connectivity index (χ2n) is 5.14. The molecule has 0 fully saturated rings. The summed E-state index contributed by atoms with van der Waals surface area (Å²) in [5.74, 6) is -0.0559. The Morgan fingerprint density at radius 1 is 1.18 bits per heavy atom. The average molecular weight is 403 g/mol. The molecule has 3 aromatic heterocycles. The lowest BCUT2D eigenvalue weighted by molar-refractivity contribution is 0.256. The molecule has 0 atom stereocenters. The van der Waals surface area contributed by atoms with E-state index in [0.29, 0.717) is 0 Å². The third-order valence-corrected chi connectivity index (χ3v) is 4.75. The lowest BCUT2D eigenvalue weighted by Crippen LogP contribution is -2.35. The molecule has 0 radical (unpaired) electrons. The molecule has 0 aliphatic rings. The zero-order valence-corrected chi connectivity index (χ0v) is 15.4. The van der Waals surface area contributed by atoms with Crippen LogP contribution in [0.25, 0.3) is 5.65 Å². The summed E-state index contributed by atoms with van der Waals surface area (Å²) in [6.45, 7) is 0. The molecule has 0 aromatic carbocycles. The minimum atomic E-state index is -4.44. The smallest absolute Gasteiger partial charge is 0.335 e. The summed E-state index contributed by atoms with van der Waals surface area (Å²) in [4.78, 5) is 23.8. The number of nitrogens with one attached hydrogen (secondary N) is 2. The molecule has 3 heterocycles. The Balaban J connectivity index is 1.90. The quantitative estimate of drug-likeness (QED) is 0.619. The van der Waals surface area contributed by atoms with Crippen molar-refractivity contribution in [3.8, 4) is 17.8 Å². The van der Waals surface area contributed by atoms with Crippen LogP contribution in [0, 0.1) is 11.3 Å². The molecule has 12 nitrogen and oxygen atoms in total. The number of nitriles is 1. The van der Waals surface area contributed by atoms with Gasteiger partial charge >= 0.3 is 6.03 Å². The molecule has 144 valence electrons. The number of anilines is 1. The molecular formula is C15H13N7O5S. The number of urea groups is 1. The van der Waals surface area contributed by atoms with Gasteiger partial charge < -0.3 is 9.47 Å². The number of rotatable bonds is 5. The molecule has 2 N–H and O–H groups in total. The maximum Gasteiger partial charge on any atom is 0.335 e. The van der Waals surface area contributed by atoms with E-state index in [0.717, 1.165) is 0 Å². The predicted octanol–water partition coefficient (Wildman–Crippen LogP) is 0.524. The van der Waals surface area contributed by atoms with Crippen LogP contribution in [0.4, 0.5) is 10.7 Å². The summed E-state index contributed by atoms with van der Waals surface area (Å²) in [7, 11) is -1.74. The fraction of sp³-hybridized carbons (Fsp3) is 0.133. The highest BCUT2D eigenvalue weighted by Gasteiger charge is 2.27. The zero-order valence-electron chi connectivity index (χ0n) is 14.6. The van der Waals surface area contributed by atoms with E-state index < -0.39 is 21.1 Å². The fourth-order valence-corrected chi connectivity index (χ4v) is 3.42. The lowest BCUT2D eigenvalue weighted by Gasteiger charge is -2.09. The Morgan fingerprint density at radius 2 is 1.86 bits per heavy atom. The van der Waals surface area contributed by atoms with E-state index in [1.807, 2.05) is 0 Å². The van der Waals surface area contributed by atoms with Crippen LogP contribution >= 0.6 is 0 Å². The van der Waals surface area contributed by atoms with E-state index in [1.165, 1.54) is 36.9 Å². The maximum atomic E-state index is 12.7. The van der Waals surface area contributed by atoms with Crippen LogP contribution in [-0.2, 0) is 10.0 Å². The van der Waals surface area contributed by atoms with Crippen LogP contribution in [0.1, 0.15) is 5.69 Å². The number of imidazole rings is 1. The molecule has 0 aliphatic carbocycles. The Morgan fingerprint density at radius 3 is 2.46 bits per heavy atom. The van der Waals surface area contributed by atoms with Crippen LogP contribution in [0.15, 0.2) is 35.5 Å². The van der Waals surface area contributed by atoms with Gasteiger partial charge in [-0.25, -0.2) is 14.5 Å². The second-order valence-corrected chi connectivity index (χ2v) is 6.74. The normalized spacial score (nSPS) is 10.9. The Bertz CT molecular complexity index is 1180. The SMILES string of the molecule is COc1cc(OC)nc(NC(=O)NS(=O)(=O)c2c(C#N)nc3ccccn23)n1. The first-order valence-corrected chi connectivity index (χ1v) is 9.04. The summed E-state index contributed by atoms with van der Waals surface area (Å²) >= 11 is 0. The van der Waals surface area contributed by atoms with Gasteiger partial charge in [-0.05, 0) is 12.1 Å². The summed E-state index contributed by atoms with van der Waals surface area (Å²) in [5, 5.41) is 10.9. The lowest BCUT2D eigenvalue weighted by atomic mass is 10.5. The number of ether oxygens (including phenoxy) is 2. The third-order valence-electron chi connectivity index (χ3n) is 3.40. The molecule has 0 bridgehead atoms. The van der Waals surface area contributed by atoms with Gasteiger partial charge in [0.15, 0.2) is 10.7 Å². The maximum absolute atomic E-state index is 12.7. The number of fused-ring (bicyclic) bond motifs is 1. The average Bonchev–Trinajstić information content (AvgIpc) is 3.06. The van der Waals surface area contributed by atoms with E-state index in [1.54, 1.807) is 22.9 Å². The third kappa shape index (κ3) is 3.62. The molecule has 0 unspecified atom stereocenters. The van der Waals surface area contributed by atoms with Gasteiger partial charge in [0, 0.05) is 6.20 Å². The topological polar surface area (TPSA) is 161 Å². The molecule has 3 rings (SSSR count). The number of sulfonamides is 1. The van der Waals surface area contributed by atoms with Crippen molar-refractivity contribution in [3.63, 3.8) is 0 Å². The number of pyridine rings is 1. The Hall–Kier alpha value is -3.92. The number of amides is 2. The van der Waals surface area contributed by atoms with Crippen molar-refractivity contribution in [2.75, 3.05) is 19.5 Å². The first-order chi connectivity index (χ1) is 13.4. The van der Waals surface area contributed by atoms with Crippen molar-refractivity contribution in [1.82, 2.24) is 24.1 Å². The molecular weight excluding hydrogens is 390 g/mol. The summed E-state index contributed by atoms with van der Waals surface area (Å²) in [6, 6.07) is 6.65. The number of nitrogens with zero attached hydrogens (tertiary/aromatic N) is 5. The summed E-state index contributed by atoms with van der Waals surface area (Å²) in [5.41, 5.74) is -0.119. The van der Waals surface area contributed by atoms with Gasteiger partial charge in [-0.2, -0.15) is 23.6 Å². The van der Waals surface area contributed by atoms with E-state index in [2.05, 4.69) is 20.3 Å². The van der Waals surface area contributed by atoms with Crippen molar-refractivity contribution >= 4 is 27.6 Å². The van der Waals surface area contributed by atoms with Gasteiger partial charge in [-0.3, -0.25) is 9.72 Å². The molecule has 0 saturated heterocycles. The highest BCUT2D eigenvalue weighted by molar-refractivity contribution is 7.90. The van der Waals surface area contributed by atoms with Crippen molar-refractivity contribution in [1.29, 1.82) is 5.26 Å². The largest absolute Gasteiger partial charge is 0.481 e. The Kier molecular flexibility index (Phi) is 4.96. The number of hydrogen-bond donors (Lipinski definition) is 2. The van der Waals surface area contributed by atoms with Crippen LogP contribution in [0.5, 0.6) is 11.8 Å². The minimum Gasteiger partial charge on any atom is -0.481 e. The van der Waals surface area contributed by atoms with Gasteiger partial charge in [0.2, 0.25) is 17.7 Å². The molecule has 28 heavy (non-hydrogen) atoms. The molecule has 13 heteroatoms. The van der Waals surface area contributed by atoms with Gasteiger partial charge in [-0.1, -0.05) is 6.07 Å². The molecule has 3 aromatic rings. The highest BCUT2D eigenvalue weighted by atomic mass is 32.2. The molecule has 0 saturated carbocycles. The molecule has 2 amide bonds. The molecule has 0 aliphatic heterocycles. The van der Waals surface area contributed by atoms with Crippen molar-refractivity contribution in [3.05, 3.63) is 36.2 Å². The van der Waals surface area contributed by atoms with Crippen molar-refractivity contribution in [2.24, 2.45) is 0 Å². The minimum absolute atomic E-state index is 0.0959. The summed E-state index contributed by atoms with van der Waals surface area (Å²) in [6.07, 6.45) is 1.41. The van der Waals surface area contributed by atoms with E-state index in [9.17, 15) is 18.5 Å². The Labute approximate surface area is 158 Å². The van der Waals surface area contributed by atoms with Gasteiger partial charge in [0.25, 0.3) is 10.0 Å². The summed E-state index contributed by atoms with van der Waals surface area (Å²) < 4.78 is 38.2. The number of methoxy groups -OCH3 is 2. The number of carbonyl (C=O) groups excluding carboxylic acids is 1. The number of carbonyl (C=O) groups is 1. The predicted molar refractivity (Wildman–Crippen MR) is 94.4 cm³/mol.